The van der Waals surface area contributed by atoms with E-state index in [-0.39, 0.29) is 24.7 Å². The van der Waals surface area contributed by atoms with E-state index in [1.54, 1.807) is 48.5 Å². The lowest BCUT2D eigenvalue weighted by atomic mass is 10.2. The van der Waals surface area contributed by atoms with Crippen LogP contribution in [0.2, 0.25) is 0 Å². The van der Waals surface area contributed by atoms with Crippen molar-refractivity contribution in [3.63, 3.8) is 0 Å². The van der Waals surface area contributed by atoms with Gasteiger partial charge in [-0.15, -0.1) is 0 Å². The minimum absolute atomic E-state index is 0.0863. The Kier molecular flexibility index (Phi) is 4.98. The number of nitrogens with one attached hydrogen (secondary N) is 2. The first kappa shape index (κ1) is 15.4. The summed E-state index contributed by atoms with van der Waals surface area (Å²) < 4.78 is 0. The molecule has 0 fully saturated rings. The molecule has 0 atom stereocenters. The molecule has 2 aromatic rings. The van der Waals surface area contributed by atoms with Gasteiger partial charge in [-0.25, -0.2) is 0 Å². The van der Waals surface area contributed by atoms with E-state index in [2.05, 4.69) is 10.6 Å². The molecule has 0 spiro atoms. The van der Waals surface area contributed by atoms with Gasteiger partial charge < -0.3 is 22.1 Å². The van der Waals surface area contributed by atoms with E-state index in [9.17, 15) is 9.59 Å². The van der Waals surface area contributed by atoms with Crippen molar-refractivity contribution in [2.24, 2.45) is 0 Å². The highest BCUT2D eigenvalue weighted by molar-refractivity contribution is 5.97. The maximum Gasteiger partial charge on any atom is 0.224 e. The van der Waals surface area contributed by atoms with Gasteiger partial charge in [0.15, 0.2) is 0 Å². The zero-order valence-corrected chi connectivity index (χ0v) is 12.0. The highest BCUT2D eigenvalue weighted by Crippen LogP contribution is 2.14. The van der Waals surface area contributed by atoms with E-state index in [0.717, 1.165) is 0 Å². The van der Waals surface area contributed by atoms with Crippen LogP contribution in [0.3, 0.4) is 0 Å². The third-order valence-corrected chi connectivity index (χ3v) is 2.92. The molecule has 0 bridgehead atoms. The van der Waals surface area contributed by atoms with Gasteiger partial charge in [-0.3, -0.25) is 9.59 Å². The summed E-state index contributed by atoms with van der Waals surface area (Å²) in [5, 5.41) is 5.38. The summed E-state index contributed by atoms with van der Waals surface area (Å²) in [6, 6.07) is 13.7. The summed E-state index contributed by atoms with van der Waals surface area (Å²) in [7, 11) is 0. The molecular weight excluding hydrogens is 280 g/mol. The SMILES string of the molecule is Nc1cccc(NC(=O)CCC(=O)Nc2cccc(N)c2)c1. The van der Waals surface area contributed by atoms with Gasteiger partial charge in [-0.05, 0) is 36.4 Å². The molecule has 0 aliphatic carbocycles. The monoisotopic (exact) mass is 298 g/mol. The van der Waals surface area contributed by atoms with Crippen molar-refractivity contribution in [2.45, 2.75) is 12.8 Å². The normalized spacial score (nSPS) is 10.0. The molecule has 0 saturated heterocycles. The minimum atomic E-state index is -0.242. The predicted octanol–water partition coefficient (Wildman–Crippen LogP) is 2.21. The fourth-order valence-electron chi connectivity index (χ4n) is 1.91. The summed E-state index contributed by atoms with van der Waals surface area (Å²) in [6.45, 7) is 0. The Morgan fingerprint density at radius 1 is 0.773 bits per heavy atom. The number of carbonyl (C=O) groups is 2. The van der Waals surface area contributed by atoms with E-state index in [1.165, 1.54) is 0 Å². The first-order chi connectivity index (χ1) is 10.5. The molecule has 114 valence electrons. The highest BCUT2D eigenvalue weighted by atomic mass is 16.2. The smallest absolute Gasteiger partial charge is 0.224 e. The van der Waals surface area contributed by atoms with E-state index < -0.39 is 0 Å². The van der Waals surface area contributed by atoms with Crippen LogP contribution in [0.15, 0.2) is 48.5 Å². The average molecular weight is 298 g/mol. The van der Waals surface area contributed by atoms with Crippen molar-refractivity contribution in [1.29, 1.82) is 0 Å². The summed E-state index contributed by atoms with van der Waals surface area (Å²) in [5.41, 5.74) is 13.6. The van der Waals surface area contributed by atoms with E-state index in [1.807, 2.05) is 0 Å². The molecule has 0 radical (unpaired) electrons. The Bertz CT molecular complexity index is 626. The number of benzene rings is 2. The van der Waals surface area contributed by atoms with Crippen molar-refractivity contribution < 1.29 is 9.59 Å². The average Bonchev–Trinajstić information content (AvgIpc) is 2.45. The Morgan fingerprint density at radius 2 is 1.18 bits per heavy atom. The molecule has 2 aromatic carbocycles. The van der Waals surface area contributed by atoms with Crippen LogP contribution in [0.4, 0.5) is 22.7 Å². The lowest BCUT2D eigenvalue weighted by Crippen LogP contribution is -2.17. The summed E-state index contributed by atoms with van der Waals surface area (Å²) in [4.78, 5) is 23.6. The summed E-state index contributed by atoms with van der Waals surface area (Å²) >= 11 is 0. The molecule has 2 rings (SSSR count). The number of hydrogen-bond acceptors (Lipinski definition) is 4. The molecule has 6 N–H and O–H groups in total. The first-order valence-corrected chi connectivity index (χ1v) is 6.84. The molecular formula is C16H18N4O2. The Labute approximate surface area is 128 Å². The maximum absolute atomic E-state index is 11.8. The van der Waals surface area contributed by atoms with Crippen LogP contribution in [0.5, 0.6) is 0 Å². The van der Waals surface area contributed by atoms with Gasteiger partial charge in [0.25, 0.3) is 0 Å². The van der Waals surface area contributed by atoms with Crippen LogP contribution >= 0.6 is 0 Å². The van der Waals surface area contributed by atoms with Crippen LogP contribution in [-0.2, 0) is 9.59 Å². The predicted molar refractivity (Wildman–Crippen MR) is 88.2 cm³/mol. The van der Waals surface area contributed by atoms with Gasteiger partial charge in [0, 0.05) is 35.6 Å². The third kappa shape index (κ3) is 4.82. The van der Waals surface area contributed by atoms with Crippen LogP contribution in [0, 0.1) is 0 Å². The zero-order chi connectivity index (χ0) is 15.9. The quantitative estimate of drug-likeness (QED) is 0.634. The van der Waals surface area contributed by atoms with Crippen molar-refractivity contribution >= 4 is 34.6 Å². The minimum Gasteiger partial charge on any atom is -0.399 e. The van der Waals surface area contributed by atoms with Crippen LogP contribution < -0.4 is 22.1 Å². The van der Waals surface area contributed by atoms with Gasteiger partial charge in [0.1, 0.15) is 0 Å². The highest BCUT2D eigenvalue weighted by Gasteiger charge is 2.08. The molecule has 0 saturated carbocycles. The summed E-state index contributed by atoms with van der Waals surface area (Å²) in [5.74, 6) is -0.485. The van der Waals surface area contributed by atoms with Gasteiger partial charge in [-0.1, -0.05) is 12.1 Å². The molecule has 6 heteroatoms. The number of rotatable bonds is 5. The fourth-order valence-corrected chi connectivity index (χ4v) is 1.91. The van der Waals surface area contributed by atoms with Crippen LogP contribution in [-0.4, -0.2) is 11.8 Å². The number of anilines is 4. The van der Waals surface area contributed by atoms with Gasteiger partial charge in [0.2, 0.25) is 11.8 Å². The summed E-state index contributed by atoms with van der Waals surface area (Å²) in [6.07, 6.45) is 0.173. The molecule has 6 nitrogen and oxygen atoms in total. The van der Waals surface area contributed by atoms with Crippen molar-refractivity contribution in [1.82, 2.24) is 0 Å². The molecule has 22 heavy (non-hydrogen) atoms. The van der Waals surface area contributed by atoms with Crippen LogP contribution in [0.1, 0.15) is 12.8 Å². The molecule has 0 aliphatic heterocycles. The molecule has 2 amide bonds. The van der Waals surface area contributed by atoms with Crippen molar-refractivity contribution in [2.75, 3.05) is 22.1 Å². The number of hydrogen-bond donors (Lipinski definition) is 4. The standard InChI is InChI=1S/C16H18N4O2/c17-11-3-1-5-13(9-11)19-15(21)7-8-16(22)20-14-6-2-4-12(18)10-14/h1-6,9-10H,7-8,17-18H2,(H,19,21)(H,20,22). The third-order valence-electron chi connectivity index (χ3n) is 2.92. The fraction of sp³-hybridized carbons (Fsp3) is 0.125. The second-order valence-electron chi connectivity index (χ2n) is 4.85. The van der Waals surface area contributed by atoms with Gasteiger partial charge in [-0.2, -0.15) is 0 Å². The van der Waals surface area contributed by atoms with Gasteiger partial charge >= 0.3 is 0 Å². The Balaban J connectivity index is 1.79. The van der Waals surface area contributed by atoms with Crippen molar-refractivity contribution in [3.05, 3.63) is 48.5 Å². The Hall–Kier alpha value is -3.02. The zero-order valence-electron chi connectivity index (χ0n) is 12.0. The largest absolute Gasteiger partial charge is 0.399 e. The lowest BCUT2D eigenvalue weighted by molar-refractivity contribution is -0.121. The molecule has 0 heterocycles. The number of amides is 2. The second-order valence-corrected chi connectivity index (χ2v) is 4.85. The Morgan fingerprint density at radius 3 is 1.55 bits per heavy atom. The van der Waals surface area contributed by atoms with Gasteiger partial charge in [0.05, 0.1) is 0 Å². The van der Waals surface area contributed by atoms with E-state index >= 15 is 0 Å². The first-order valence-electron chi connectivity index (χ1n) is 6.84. The lowest BCUT2D eigenvalue weighted by Gasteiger charge is -2.07. The number of nitrogen functional groups attached to an aromatic ring is 2. The topological polar surface area (TPSA) is 110 Å². The molecule has 0 unspecified atom stereocenters. The molecule has 0 aliphatic rings. The van der Waals surface area contributed by atoms with Crippen molar-refractivity contribution in [3.8, 4) is 0 Å². The van der Waals surface area contributed by atoms with Crippen LogP contribution in [0.25, 0.3) is 0 Å². The van der Waals surface area contributed by atoms with E-state index in [4.69, 9.17) is 11.5 Å². The second kappa shape index (κ2) is 7.12. The number of carbonyl (C=O) groups excluding carboxylic acids is 2. The van der Waals surface area contributed by atoms with E-state index in [0.29, 0.717) is 22.7 Å². The maximum atomic E-state index is 11.8. The number of nitrogens with two attached hydrogens (primary N) is 2. The molecule has 0 aromatic heterocycles.